The summed E-state index contributed by atoms with van der Waals surface area (Å²) in [7, 11) is -2.63. The number of hydrogen-bond acceptors (Lipinski definition) is 7. The number of methoxy groups -OCH3 is 1. The van der Waals surface area contributed by atoms with Crippen LogP contribution in [-0.2, 0) is 27.7 Å². The van der Waals surface area contributed by atoms with Gasteiger partial charge < -0.3 is 9.47 Å². The van der Waals surface area contributed by atoms with Crippen LogP contribution < -0.4 is 10.1 Å². The molecule has 0 unspecified atom stereocenters. The summed E-state index contributed by atoms with van der Waals surface area (Å²) < 4.78 is 50.7. The van der Waals surface area contributed by atoms with Gasteiger partial charge in [0.2, 0.25) is 10.0 Å². The maximum absolute atomic E-state index is 13.6. The maximum Gasteiger partial charge on any atom is 0.413 e. The largest absolute Gasteiger partial charge is 0.495 e. The van der Waals surface area contributed by atoms with Gasteiger partial charge in [-0.05, 0) is 25.1 Å². The zero-order valence-corrected chi connectivity index (χ0v) is 16.3. The van der Waals surface area contributed by atoms with Crippen LogP contribution >= 0.6 is 11.3 Å². The molecule has 0 saturated heterocycles. The summed E-state index contributed by atoms with van der Waals surface area (Å²) in [4.78, 5) is 16.3. The predicted molar refractivity (Wildman–Crippen MR) is 97.0 cm³/mol. The summed E-state index contributed by atoms with van der Waals surface area (Å²) in [5.41, 5.74) is 0.726. The van der Waals surface area contributed by atoms with E-state index in [1.807, 2.05) is 0 Å². The first kappa shape index (κ1) is 19.5. The van der Waals surface area contributed by atoms with Gasteiger partial charge in [-0.1, -0.05) is 11.3 Å². The van der Waals surface area contributed by atoms with Crippen molar-refractivity contribution in [3.63, 3.8) is 0 Å². The number of rotatable bonds is 5. The lowest BCUT2D eigenvalue weighted by Crippen LogP contribution is -2.35. The second kappa shape index (κ2) is 7.79. The zero-order chi connectivity index (χ0) is 19.6. The van der Waals surface area contributed by atoms with Crippen LogP contribution in [0.25, 0.3) is 0 Å². The maximum atomic E-state index is 13.6. The van der Waals surface area contributed by atoms with Gasteiger partial charge in [0.05, 0.1) is 26.0 Å². The molecule has 0 bridgehead atoms. The normalized spacial score (nSPS) is 14.5. The number of ether oxygens (including phenoxy) is 2. The van der Waals surface area contributed by atoms with Gasteiger partial charge in [0, 0.05) is 17.8 Å². The number of amides is 1. The van der Waals surface area contributed by atoms with Gasteiger partial charge in [0.25, 0.3) is 0 Å². The van der Waals surface area contributed by atoms with Gasteiger partial charge in [-0.25, -0.2) is 22.6 Å². The van der Waals surface area contributed by atoms with Crippen molar-refractivity contribution < 1.29 is 27.1 Å². The molecule has 1 aromatic carbocycles. The lowest BCUT2D eigenvalue weighted by Gasteiger charge is -2.26. The number of thiazole rings is 1. The zero-order valence-electron chi connectivity index (χ0n) is 14.7. The summed E-state index contributed by atoms with van der Waals surface area (Å²) in [5, 5.41) is 2.87. The Bertz CT molecular complexity index is 961. The van der Waals surface area contributed by atoms with E-state index in [4.69, 9.17) is 9.47 Å². The third kappa shape index (κ3) is 4.04. The number of anilines is 1. The molecular formula is C16H18FN3O5S2. The molecule has 2 heterocycles. The summed E-state index contributed by atoms with van der Waals surface area (Å²) >= 11 is 1.18. The van der Waals surface area contributed by atoms with Crippen LogP contribution in [0.15, 0.2) is 23.1 Å². The third-order valence-electron chi connectivity index (χ3n) is 3.92. The topological polar surface area (TPSA) is 97.8 Å². The fourth-order valence-electron chi connectivity index (χ4n) is 2.68. The quantitative estimate of drug-likeness (QED) is 0.806. The molecule has 2 aromatic rings. The van der Waals surface area contributed by atoms with Crippen LogP contribution in [0.1, 0.15) is 17.5 Å². The number of halogens is 1. The molecule has 0 saturated carbocycles. The van der Waals surface area contributed by atoms with Crippen molar-refractivity contribution in [1.82, 2.24) is 9.29 Å². The second-order valence-corrected chi connectivity index (χ2v) is 8.61. The molecule has 1 aliphatic rings. The van der Waals surface area contributed by atoms with Crippen LogP contribution in [0, 0.1) is 5.82 Å². The fourth-order valence-corrected chi connectivity index (χ4v) is 5.34. The van der Waals surface area contributed by atoms with E-state index in [0.717, 1.165) is 17.8 Å². The molecule has 0 atom stereocenters. The molecule has 0 spiro atoms. The number of benzene rings is 1. The van der Waals surface area contributed by atoms with Crippen molar-refractivity contribution in [1.29, 1.82) is 0 Å². The van der Waals surface area contributed by atoms with Gasteiger partial charge in [-0.2, -0.15) is 4.31 Å². The van der Waals surface area contributed by atoms with Crippen molar-refractivity contribution in [2.75, 3.05) is 25.6 Å². The average molecular weight is 415 g/mol. The molecule has 1 N–H and O–H groups in total. The van der Waals surface area contributed by atoms with Crippen LogP contribution in [-0.4, -0.2) is 44.1 Å². The highest BCUT2D eigenvalue weighted by Gasteiger charge is 2.33. The van der Waals surface area contributed by atoms with E-state index in [1.165, 1.54) is 28.8 Å². The number of nitrogens with one attached hydrogen (secondary N) is 1. The molecule has 11 heteroatoms. The van der Waals surface area contributed by atoms with Gasteiger partial charge in [0.1, 0.15) is 16.5 Å². The highest BCUT2D eigenvalue weighted by atomic mass is 32.2. The molecule has 3 rings (SSSR count). The minimum absolute atomic E-state index is 0.0798. The van der Waals surface area contributed by atoms with Crippen LogP contribution in [0.3, 0.4) is 0 Å². The molecule has 1 aliphatic heterocycles. The fraction of sp³-hybridized carbons (Fsp3) is 0.375. The molecule has 146 valence electrons. The van der Waals surface area contributed by atoms with Crippen LogP contribution in [0.2, 0.25) is 0 Å². The van der Waals surface area contributed by atoms with E-state index in [1.54, 1.807) is 6.92 Å². The third-order valence-corrected chi connectivity index (χ3v) is 6.79. The molecule has 8 nitrogen and oxygen atoms in total. The Morgan fingerprint density at radius 2 is 2.22 bits per heavy atom. The van der Waals surface area contributed by atoms with Gasteiger partial charge >= 0.3 is 6.09 Å². The van der Waals surface area contributed by atoms with E-state index in [2.05, 4.69) is 10.3 Å². The smallest absolute Gasteiger partial charge is 0.413 e. The van der Waals surface area contributed by atoms with Crippen molar-refractivity contribution in [2.45, 2.75) is 24.8 Å². The van der Waals surface area contributed by atoms with E-state index in [-0.39, 0.29) is 30.3 Å². The molecule has 0 radical (unpaired) electrons. The number of carbonyl (C=O) groups is 1. The minimum atomic E-state index is -3.96. The Balaban J connectivity index is 1.84. The standard InChI is InChI=1S/C16H18FN3O5S2/c1-3-25-16(21)19-15-18-11-6-7-20(9-13(11)26-15)27(22,23)14-8-10(17)4-5-12(14)24-2/h4-5,8H,3,6-7,9H2,1-2H3,(H,18,19,21). The van der Waals surface area contributed by atoms with E-state index < -0.39 is 21.9 Å². The average Bonchev–Trinajstić information content (AvgIpc) is 3.03. The number of sulfonamides is 1. The van der Waals surface area contributed by atoms with Crippen LogP contribution in [0.5, 0.6) is 5.75 Å². The van der Waals surface area contributed by atoms with E-state index >= 15 is 0 Å². The predicted octanol–water partition coefficient (Wildman–Crippen LogP) is 2.61. The van der Waals surface area contributed by atoms with E-state index in [0.29, 0.717) is 16.4 Å². The lowest BCUT2D eigenvalue weighted by atomic mass is 10.2. The van der Waals surface area contributed by atoms with Crippen molar-refractivity contribution in [3.05, 3.63) is 34.6 Å². The second-order valence-electron chi connectivity index (χ2n) is 5.62. The Hall–Kier alpha value is -2.24. The molecule has 27 heavy (non-hydrogen) atoms. The number of nitrogens with zero attached hydrogens (tertiary/aromatic N) is 2. The van der Waals surface area contributed by atoms with Crippen molar-refractivity contribution >= 4 is 32.6 Å². The molecule has 1 aromatic heterocycles. The van der Waals surface area contributed by atoms with Crippen molar-refractivity contribution in [2.24, 2.45) is 0 Å². The summed E-state index contributed by atoms with van der Waals surface area (Å²) in [5.74, 6) is -0.582. The van der Waals surface area contributed by atoms with Gasteiger partial charge in [-0.15, -0.1) is 0 Å². The molecule has 0 fully saturated rings. The lowest BCUT2D eigenvalue weighted by molar-refractivity contribution is 0.168. The Labute approximate surface area is 160 Å². The number of aromatic nitrogens is 1. The first-order valence-electron chi connectivity index (χ1n) is 8.11. The Kier molecular flexibility index (Phi) is 5.63. The Morgan fingerprint density at radius 3 is 2.93 bits per heavy atom. The Morgan fingerprint density at radius 1 is 1.44 bits per heavy atom. The summed E-state index contributed by atoms with van der Waals surface area (Å²) in [6.45, 7) is 2.20. The molecular weight excluding hydrogens is 397 g/mol. The SMILES string of the molecule is CCOC(=O)Nc1nc2c(s1)CN(S(=O)(=O)c1cc(F)ccc1OC)CC2. The summed E-state index contributed by atoms with van der Waals surface area (Å²) in [6.07, 6.45) is -0.231. The van der Waals surface area contributed by atoms with Gasteiger partial charge in [-0.3, -0.25) is 5.32 Å². The highest BCUT2D eigenvalue weighted by Crippen LogP contribution is 2.33. The van der Waals surface area contributed by atoms with Gasteiger partial charge in [0.15, 0.2) is 5.13 Å². The first-order chi connectivity index (χ1) is 12.8. The minimum Gasteiger partial charge on any atom is -0.495 e. The summed E-state index contributed by atoms with van der Waals surface area (Å²) in [6, 6.07) is 3.37. The van der Waals surface area contributed by atoms with Crippen molar-refractivity contribution in [3.8, 4) is 5.75 Å². The van der Waals surface area contributed by atoms with Crippen LogP contribution in [0.4, 0.5) is 14.3 Å². The highest BCUT2D eigenvalue weighted by molar-refractivity contribution is 7.89. The molecule has 1 amide bonds. The van der Waals surface area contributed by atoms with E-state index in [9.17, 15) is 17.6 Å². The number of hydrogen-bond donors (Lipinski definition) is 1. The number of fused-ring (bicyclic) bond motifs is 1. The number of carbonyl (C=O) groups excluding carboxylic acids is 1. The monoisotopic (exact) mass is 415 g/mol. The first-order valence-corrected chi connectivity index (χ1v) is 10.4. The molecule has 0 aliphatic carbocycles.